The SMILES string of the molecule is Cc1nc(-c2ccc([C@H]3CCCN3C(=O)c3ccc4cccnc4c3O)cn2)no1. The maximum Gasteiger partial charge on any atom is 0.258 e. The predicted molar refractivity (Wildman–Crippen MR) is 109 cm³/mol. The van der Waals surface area contributed by atoms with E-state index in [1.807, 2.05) is 24.3 Å². The van der Waals surface area contributed by atoms with Gasteiger partial charge < -0.3 is 14.5 Å². The van der Waals surface area contributed by atoms with Crippen LogP contribution in [0.15, 0.2) is 53.3 Å². The van der Waals surface area contributed by atoms with Crippen LogP contribution in [0, 0.1) is 6.92 Å². The van der Waals surface area contributed by atoms with Crippen molar-refractivity contribution in [1.82, 2.24) is 25.0 Å². The Bertz CT molecular complexity index is 1240. The van der Waals surface area contributed by atoms with E-state index < -0.39 is 0 Å². The van der Waals surface area contributed by atoms with Crippen LogP contribution in [0.25, 0.3) is 22.4 Å². The molecule has 0 saturated carbocycles. The van der Waals surface area contributed by atoms with E-state index in [4.69, 9.17) is 4.52 Å². The van der Waals surface area contributed by atoms with Crippen molar-refractivity contribution in [3.63, 3.8) is 0 Å². The van der Waals surface area contributed by atoms with Crippen molar-refractivity contribution in [1.29, 1.82) is 0 Å². The maximum atomic E-state index is 13.3. The van der Waals surface area contributed by atoms with Crippen LogP contribution in [0.4, 0.5) is 0 Å². The molecule has 8 nitrogen and oxygen atoms in total. The Labute approximate surface area is 172 Å². The Morgan fingerprint density at radius 3 is 2.87 bits per heavy atom. The third kappa shape index (κ3) is 3.06. The summed E-state index contributed by atoms with van der Waals surface area (Å²) in [4.78, 5) is 27.9. The van der Waals surface area contributed by atoms with Crippen molar-refractivity contribution in [2.24, 2.45) is 0 Å². The van der Waals surface area contributed by atoms with Crippen molar-refractivity contribution >= 4 is 16.8 Å². The Hall–Kier alpha value is -3.81. The van der Waals surface area contributed by atoms with Crippen LogP contribution in [0.2, 0.25) is 0 Å². The van der Waals surface area contributed by atoms with E-state index in [1.165, 1.54) is 0 Å². The second-order valence-electron chi connectivity index (χ2n) is 7.31. The van der Waals surface area contributed by atoms with E-state index in [0.717, 1.165) is 23.8 Å². The first-order chi connectivity index (χ1) is 14.6. The largest absolute Gasteiger partial charge is 0.505 e. The molecule has 1 amide bonds. The molecular formula is C22H19N5O3. The van der Waals surface area contributed by atoms with Gasteiger partial charge in [0.1, 0.15) is 11.2 Å². The van der Waals surface area contributed by atoms with Crippen molar-refractivity contribution in [2.45, 2.75) is 25.8 Å². The number of likely N-dealkylation sites (tertiary alicyclic amines) is 1. The highest BCUT2D eigenvalue weighted by Crippen LogP contribution is 2.36. The number of phenolic OH excluding ortho intramolecular Hbond substituents is 1. The van der Waals surface area contributed by atoms with Crippen LogP contribution in [0.5, 0.6) is 5.75 Å². The molecule has 30 heavy (non-hydrogen) atoms. The molecule has 0 radical (unpaired) electrons. The lowest BCUT2D eigenvalue weighted by molar-refractivity contribution is 0.0732. The van der Waals surface area contributed by atoms with Gasteiger partial charge in [-0.15, -0.1) is 0 Å². The fraction of sp³-hybridized carbons (Fsp3) is 0.227. The lowest BCUT2D eigenvalue weighted by Gasteiger charge is -2.25. The number of hydrogen-bond acceptors (Lipinski definition) is 7. The Balaban J connectivity index is 1.44. The van der Waals surface area contributed by atoms with Gasteiger partial charge in [0.05, 0.1) is 11.6 Å². The average molecular weight is 401 g/mol. The molecule has 150 valence electrons. The van der Waals surface area contributed by atoms with Crippen LogP contribution >= 0.6 is 0 Å². The number of benzene rings is 1. The third-order valence-electron chi connectivity index (χ3n) is 5.42. The number of carbonyl (C=O) groups is 1. The molecule has 8 heteroatoms. The summed E-state index contributed by atoms with van der Waals surface area (Å²) in [5.41, 5.74) is 2.24. The number of phenols is 1. The van der Waals surface area contributed by atoms with E-state index in [0.29, 0.717) is 29.5 Å². The van der Waals surface area contributed by atoms with Crippen molar-refractivity contribution < 1.29 is 14.4 Å². The van der Waals surface area contributed by atoms with Crippen molar-refractivity contribution in [3.8, 4) is 17.3 Å². The van der Waals surface area contributed by atoms with Crippen molar-refractivity contribution in [3.05, 3.63) is 65.8 Å². The van der Waals surface area contributed by atoms with Gasteiger partial charge in [-0.05, 0) is 36.6 Å². The molecule has 1 aromatic carbocycles. The van der Waals surface area contributed by atoms with Gasteiger partial charge in [-0.2, -0.15) is 4.98 Å². The summed E-state index contributed by atoms with van der Waals surface area (Å²) in [5, 5.41) is 15.3. The van der Waals surface area contributed by atoms with Gasteiger partial charge in [-0.25, -0.2) is 0 Å². The van der Waals surface area contributed by atoms with Crippen LogP contribution in [-0.2, 0) is 0 Å². The minimum atomic E-state index is -0.208. The van der Waals surface area contributed by atoms with Gasteiger partial charge in [-0.1, -0.05) is 23.4 Å². The van der Waals surface area contributed by atoms with Gasteiger partial charge >= 0.3 is 0 Å². The topological polar surface area (TPSA) is 105 Å². The highest BCUT2D eigenvalue weighted by atomic mass is 16.5. The van der Waals surface area contributed by atoms with Gasteiger partial charge in [0.2, 0.25) is 11.7 Å². The molecule has 0 spiro atoms. The maximum absolute atomic E-state index is 13.3. The Morgan fingerprint density at radius 1 is 1.20 bits per heavy atom. The molecule has 1 aliphatic rings. The lowest BCUT2D eigenvalue weighted by atomic mass is 10.0. The zero-order valence-corrected chi connectivity index (χ0v) is 16.3. The lowest BCUT2D eigenvalue weighted by Crippen LogP contribution is -2.30. The number of hydrogen-bond donors (Lipinski definition) is 1. The van der Waals surface area contributed by atoms with Gasteiger partial charge in [0, 0.05) is 31.2 Å². The molecule has 0 aliphatic carbocycles. The number of aromatic nitrogens is 4. The fourth-order valence-corrected chi connectivity index (χ4v) is 3.95. The molecule has 1 N–H and O–H groups in total. The minimum Gasteiger partial charge on any atom is -0.505 e. The molecule has 3 aromatic heterocycles. The monoisotopic (exact) mass is 401 g/mol. The highest BCUT2D eigenvalue weighted by molar-refractivity contribution is 6.02. The summed E-state index contributed by atoms with van der Waals surface area (Å²) in [5.74, 6) is 0.630. The van der Waals surface area contributed by atoms with Crippen molar-refractivity contribution in [2.75, 3.05) is 6.54 Å². The summed E-state index contributed by atoms with van der Waals surface area (Å²) in [6.07, 6.45) is 5.07. The summed E-state index contributed by atoms with van der Waals surface area (Å²) in [7, 11) is 0. The summed E-state index contributed by atoms with van der Waals surface area (Å²) >= 11 is 0. The van der Waals surface area contributed by atoms with E-state index in [2.05, 4.69) is 20.1 Å². The number of rotatable bonds is 3. The van der Waals surface area contributed by atoms with Crippen LogP contribution < -0.4 is 0 Å². The standard InChI is InChI=1S/C22H19N5O3/c1-13-25-21(26-30-13)17-9-7-15(12-24-17)18-5-3-11-27(18)22(29)16-8-6-14-4-2-10-23-19(14)20(16)28/h2,4,6-10,12,18,28H,3,5,11H2,1H3/t18-/m1/s1. The molecular weight excluding hydrogens is 382 g/mol. The number of aromatic hydroxyl groups is 1. The molecule has 1 saturated heterocycles. The molecule has 0 bridgehead atoms. The zero-order chi connectivity index (χ0) is 20.7. The van der Waals surface area contributed by atoms with Gasteiger partial charge in [0.15, 0.2) is 5.75 Å². The van der Waals surface area contributed by atoms with Gasteiger partial charge in [-0.3, -0.25) is 14.8 Å². The first kappa shape index (κ1) is 18.2. The summed E-state index contributed by atoms with van der Waals surface area (Å²) in [6, 6.07) is 10.8. The van der Waals surface area contributed by atoms with E-state index in [-0.39, 0.29) is 23.3 Å². The first-order valence-electron chi connectivity index (χ1n) is 9.76. The van der Waals surface area contributed by atoms with E-state index >= 15 is 0 Å². The van der Waals surface area contributed by atoms with E-state index in [1.54, 1.807) is 36.4 Å². The fourth-order valence-electron chi connectivity index (χ4n) is 3.95. The smallest absolute Gasteiger partial charge is 0.258 e. The average Bonchev–Trinajstić information content (AvgIpc) is 3.43. The zero-order valence-electron chi connectivity index (χ0n) is 16.3. The quantitative estimate of drug-likeness (QED) is 0.558. The number of nitrogens with zero attached hydrogens (tertiary/aromatic N) is 5. The van der Waals surface area contributed by atoms with Crippen LogP contribution in [-0.4, -0.2) is 42.6 Å². The third-order valence-corrected chi connectivity index (χ3v) is 5.42. The number of fused-ring (bicyclic) bond motifs is 1. The second kappa shape index (κ2) is 7.22. The number of amides is 1. The van der Waals surface area contributed by atoms with Crippen LogP contribution in [0.3, 0.4) is 0 Å². The number of pyridine rings is 2. The Morgan fingerprint density at radius 2 is 2.10 bits per heavy atom. The summed E-state index contributed by atoms with van der Waals surface area (Å²) in [6.45, 7) is 2.35. The van der Waals surface area contributed by atoms with Gasteiger partial charge in [0.25, 0.3) is 5.91 Å². The first-order valence-corrected chi connectivity index (χ1v) is 9.76. The minimum absolute atomic E-state index is 0.0790. The molecule has 1 atom stereocenters. The normalized spacial score (nSPS) is 16.3. The molecule has 4 aromatic rings. The number of carbonyl (C=O) groups excluding carboxylic acids is 1. The second-order valence-corrected chi connectivity index (χ2v) is 7.31. The summed E-state index contributed by atoms with van der Waals surface area (Å²) < 4.78 is 5.01. The molecule has 1 fully saturated rings. The van der Waals surface area contributed by atoms with E-state index in [9.17, 15) is 9.90 Å². The molecule has 4 heterocycles. The molecule has 1 aliphatic heterocycles. The molecule has 5 rings (SSSR count). The highest BCUT2D eigenvalue weighted by Gasteiger charge is 2.32. The Kier molecular flexibility index (Phi) is 4.39. The molecule has 0 unspecified atom stereocenters. The number of aryl methyl sites for hydroxylation is 1. The van der Waals surface area contributed by atoms with Crippen LogP contribution in [0.1, 0.15) is 40.7 Å². The predicted octanol–water partition coefficient (Wildman–Crippen LogP) is 3.67.